The Morgan fingerprint density at radius 1 is 1.59 bits per heavy atom. The highest BCUT2D eigenvalue weighted by molar-refractivity contribution is 7.11. The molecule has 1 aliphatic heterocycles. The van der Waals surface area contributed by atoms with Crippen LogP contribution in [-0.4, -0.2) is 22.6 Å². The van der Waals surface area contributed by atoms with E-state index in [0.29, 0.717) is 5.57 Å². The predicted octanol–water partition coefficient (Wildman–Crippen LogP) is 1.06. The zero-order valence-electron chi connectivity index (χ0n) is 9.04. The van der Waals surface area contributed by atoms with Crippen molar-refractivity contribution in [2.75, 3.05) is 0 Å². The number of thiophene rings is 1. The molecular weight excluding hydrogens is 242 g/mol. The van der Waals surface area contributed by atoms with Gasteiger partial charge in [0.25, 0.3) is 11.5 Å². The summed E-state index contributed by atoms with van der Waals surface area (Å²) in [4.78, 5) is 23.5. The monoisotopic (exact) mass is 253 g/mol. The van der Waals surface area contributed by atoms with Gasteiger partial charge < -0.3 is 15.6 Å². The van der Waals surface area contributed by atoms with Gasteiger partial charge in [-0.25, -0.2) is 4.79 Å². The molecule has 0 radical (unpaired) electrons. The molecule has 1 amide bonds. The number of aliphatic carboxylic acids is 1. The second-order valence-corrected chi connectivity index (χ2v) is 4.74. The maximum atomic E-state index is 11.4. The molecule has 5 nitrogen and oxygen atoms in total. The van der Waals surface area contributed by atoms with E-state index in [0.717, 1.165) is 4.88 Å². The minimum absolute atomic E-state index is 0.615. The second kappa shape index (κ2) is 3.89. The van der Waals surface area contributed by atoms with Crippen molar-refractivity contribution in [3.05, 3.63) is 28.7 Å². The van der Waals surface area contributed by atoms with Crippen molar-refractivity contribution in [1.82, 2.24) is 0 Å². The maximum Gasteiger partial charge on any atom is 0.358 e. The Hall–Kier alpha value is -1.82. The summed E-state index contributed by atoms with van der Waals surface area (Å²) in [6.45, 7) is 1.62. The number of primary amides is 1. The number of hydrogen-bond acceptors (Lipinski definition) is 4. The van der Waals surface area contributed by atoms with E-state index >= 15 is 0 Å². The van der Waals surface area contributed by atoms with Crippen LogP contribution < -0.4 is 5.73 Å². The van der Waals surface area contributed by atoms with Gasteiger partial charge in [0.05, 0.1) is 6.26 Å². The van der Waals surface area contributed by atoms with Gasteiger partial charge in [-0.05, 0) is 11.4 Å². The Labute approximate surface area is 102 Å². The van der Waals surface area contributed by atoms with E-state index in [2.05, 4.69) is 0 Å². The van der Waals surface area contributed by atoms with Crippen LogP contribution >= 0.6 is 11.3 Å². The number of ether oxygens (including phenoxy) is 1. The van der Waals surface area contributed by atoms with Gasteiger partial charge in [-0.1, -0.05) is 13.0 Å². The van der Waals surface area contributed by atoms with Gasteiger partial charge in [0.15, 0.2) is 0 Å². The molecule has 0 fully saturated rings. The molecule has 17 heavy (non-hydrogen) atoms. The van der Waals surface area contributed by atoms with Gasteiger partial charge in [0.1, 0.15) is 0 Å². The topological polar surface area (TPSA) is 89.6 Å². The third-order valence-electron chi connectivity index (χ3n) is 2.94. The highest BCUT2D eigenvalue weighted by Gasteiger charge is 2.56. The molecule has 0 saturated heterocycles. The summed E-state index contributed by atoms with van der Waals surface area (Å²) >= 11 is 1.45. The van der Waals surface area contributed by atoms with E-state index < -0.39 is 23.4 Å². The van der Waals surface area contributed by atoms with E-state index in [1.165, 1.54) is 17.6 Å². The highest BCUT2D eigenvalue weighted by atomic mass is 32.1. The Morgan fingerprint density at radius 3 is 2.71 bits per heavy atom. The number of hydrogen-bond donors (Lipinski definition) is 2. The van der Waals surface area contributed by atoms with Crippen LogP contribution in [0.15, 0.2) is 23.8 Å². The molecule has 90 valence electrons. The fraction of sp³-hybridized carbons (Fsp3) is 0.273. The highest BCUT2D eigenvalue weighted by Crippen LogP contribution is 2.42. The Morgan fingerprint density at radius 2 is 2.29 bits per heavy atom. The van der Waals surface area contributed by atoms with E-state index in [1.807, 2.05) is 17.5 Å². The third-order valence-corrected chi connectivity index (χ3v) is 3.86. The van der Waals surface area contributed by atoms with Gasteiger partial charge in [-0.3, -0.25) is 4.79 Å². The van der Waals surface area contributed by atoms with Gasteiger partial charge in [0, 0.05) is 16.4 Å². The van der Waals surface area contributed by atoms with Crippen molar-refractivity contribution in [2.24, 2.45) is 11.7 Å². The van der Waals surface area contributed by atoms with Crippen LogP contribution in [0.5, 0.6) is 0 Å². The number of carbonyl (C=O) groups excluding carboxylic acids is 1. The first-order valence-electron chi connectivity index (χ1n) is 4.95. The first-order chi connectivity index (χ1) is 8.00. The molecule has 3 N–H and O–H groups in total. The summed E-state index contributed by atoms with van der Waals surface area (Å²) < 4.78 is 5.08. The SMILES string of the molecule is CC1C(c2cccs2)=COC1(C(N)=O)C(=O)O. The molecule has 6 heteroatoms. The molecule has 1 aliphatic rings. The average Bonchev–Trinajstić information content (AvgIpc) is 2.84. The van der Waals surface area contributed by atoms with Crippen LogP contribution in [0.2, 0.25) is 0 Å². The predicted molar refractivity (Wildman–Crippen MR) is 62.1 cm³/mol. The molecule has 1 aromatic rings. The number of carbonyl (C=O) groups is 2. The molecule has 0 bridgehead atoms. The van der Waals surface area contributed by atoms with Crippen molar-refractivity contribution < 1.29 is 19.4 Å². The van der Waals surface area contributed by atoms with Crippen molar-refractivity contribution in [1.29, 1.82) is 0 Å². The molecule has 0 aliphatic carbocycles. The number of carboxylic acid groups (broad SMARTS) is 1. The van der Waals surface area contributed by atoms with Crippen LogP contribution in [0.25, 0.3) is 5.57 Å². The molecule has 2 unspecified atom stereocenters. The summed E-state index contributed by atoms with van der Waals surface area (Å²) in [5.74, 6) is -2.96. The number of amides is 1. The summed E-state index contributed by atoms with van der Waals surface area (Å²) in [5, 5.41) is 11.0. The van der Waals surface area contributed by atoms with E-state index in [-0.39, 0.29) is 0 Å². The molecule has 1 aromatic heterocycles. The van der Waals surface area contributed by atoms with Crippen LogP contribution in [0, 0.1) is 5.92 Å². The van der Waals surface area contributed by atoms with Gasteiger partial charge in [-0.15, -0.1) is 11.3 Å². The Balaban J connectivity index is 2.40. The van der Waals surface area contributed by atoms with Crippen molar-refractivity contribution in [3.8, 4) is 0 Å². The lowest BCUT2D eigenvalue weighted by Crippen LogP contribution is -2.54. The van der Waals surface area contributed by atoms with Crippen LogP contribution in [0.1, 0.15) is 11.8 Å². The summed E-state index contributed by atoms with van der Waals surface area (Å²) in [5.41, 5.74) is 3.86. The number of rotatable bonds is 3. The van der Waals surface area contributed by atoms with Gasteiger partial charge in [0.2, 0.25) is 0 Å². The molecular formula is C11H11NO4S. The Bertz CT molecular complexity index is 478. The lowest BCUT2D eigenvalue weighted by Gasteiger charge is -2.25. The lowest BCUT2D eigenvalue weighted by molar-refractivity contribution is -0.166. The second-order valence-electron chi connectivity index (χ2n) is 3.80. The maximum absolute atomic E-state index is 11.4. The Kier molecular flexibility index (Phi) is 2.66. The molecule has 0 saturated carbocycles. The fourth-order valence-electron chi connectivity index (χ4n) is 1.91. The molecule has 0 spiro atoms. The van der Waals surface area contributed by atoms with E-state index in [9.17, 15) is 9.59 Å². The summed E-state index contributed by atoms with van der Waals surface area (Å²) in [7, 11) is 0. The smallest absolute Gasteiger partial charge is 0.358 e. The molecule has 2 rings (SSSR count). The third kappa shape index (κ3) is 1.52. The summed E-state index contributed by atoms with van der Waals surface area (Å²) in [6.07, 6.45) is 1.31. The van der Waals surface area contributed by atoms with Crippen LogP contribution in [0.3, 0.4) is 0 Å². The van der Waals surface area contributed by atoms with Crippen molar-refractivity contribution in [2.45, 2.75) is 12.5 Å². The zero-order valence-corrected chi connectivity index (χ0v) is 9.86. The van der Waals surface area contributed by atoms with Gasteiger partial charge in [-0.2, -0.15) is 0 Å². The lowest BCUT2D eigenvalue weighted by atomic mass is 9.84. The number of nitrogens with two attached hydrogens (primary N) is 1. The molecule has 0 aromatic carbocycles. The van der Waals surface area contributed by atoms with Crippen LogP contribution in [0.4, 0.5) is 0 Å². The summed E-state index contributed by atoms with van der Waals surface area (Å²) in [6, 6.07) is 3.69. The normalized spacial score (nSPS) is 27.4. The first-order valence-corrected chi connectivity index (χ1v) is 5.83. The van der Waals surface area contributed by atoms with Crippen LogP contribution in [-0.2, 0) is 14.3 Å². The average molecular weight is 253 g/mol. The van der Waals surface area contributed by atoms with Crippen molar-refractivity contribution >= 4 is 28.8 Å². The van der Waals surface area contributed by atoms with Crippen molar-refractivity contribution in [3.63, 3.8) is 0 Å². The standard InChI is InChI=1S/C11H11NO4S/c1-6-7(8-3-2-4-17-8)5-16-11(6,9(12)13)10(14)15/h2-6H,1H3,(H2,12,13)(H,14,15). The minimum Gasteiger partial charge on any atom is -0.478 e. The van der Waals surface area contributed by atoms with E-state index in [1.54, 1.807) is 6.92 Å². The molecule has 2 heterocycles. The fourth-order valence-corrected chi connectivity index (χ4v) is 2.73. The minimum atomic E-state index is -1.99. The zero-order chi connectivity index (χ0) is 12.6. The first kappa shape index (κ1) is 11.7. The number of carboxylic acids is 1. The quantitative estimate of drug-likeness (QED) is 0.788. The largest absolute Gasteiger partial charge is 0.478 e. The molecule has 2 atom stereocenters. The van der Waals surface area contributed by atoms with E-state index in [4.69, 9.17) is 15.6 Å². The van der Waals surface area contributed by atoms with Gasteiger partial charge >= 0.3 is 5.97 Å².